The molecule has 22 heavy (non-hydrogen) atoms. The predicted octanol–water partition coefficient (Wildman–Crippen LogP) is 2.68. The summed E-state index contributed by atoms with van der Waals surface area (Å²) in [6.07, 6.45) is 1.99. The minimum absolute atomic E-state index is 0.0340. The van der Waals surface area contributed by atoms with Crippen LogP contribution in [0, 0.1) is 11.3 Å². The van der Waals surface area contributed by atoms with Gasteiger partial charge < -0.3 is 10.0 Å². The highest BCUT2D eigenvalue weighted by molar-refractivity contribution is 9.10. The summed E-state index contributed by atoms with van der Waals surface area (Å²) >= 11 is 3.45. The summed E-state index contributed by atoms with van der Waals surface area (Å²) in [6, 6.07) is 8.32. The van der Waals surface area contributed by atoms with Gasteiger partial charge in [-0.3, -0.25) is 9.69 Å². The summed E-state index contributed by atoms with van der Waals surface area (Å²) in [6.45, 7) is 4.45. The van der Waals surface area contributed by atoms with E-state index in [-0.39, 0.29) is 11.3 Å². The van der Waals surface area contributed by atoms with Crippen molar-refractivity contribution in [1.82, 2.24) is 9.80 Å². The molecule has 2 aliphatic rings. The highest BCUT2D eigenvalue weighted by Crippen LogP contribution is 2.45. The number of aliphatic carboxylic acids is 1. The first-order valence-electron chi connectivity index (χ1n) is 7.87. The van der Waals surface area contributed by atoms with Crippen LogP contribution in [0.3, 0.4) is 0 Å². The zero-order valence-electron chi connectivity index (χ0n) is 13.0. The van der Waals surface area contributed by atoms with Gasteiger partial charge in [-0.25, -0.2) is 0 Å². The van der Waals surface area contributed by atoms with Crippen LogP contribution in [0.15, 0.2) is 28.7 Å². The highest BCUT2D eigenvalue weighted by atomic mass is 79.9. The average Bonchev–Trinajstić information content (AvgIpc) is 2.83. The fourth-order valence-electron chi connectivity index (χ4n) is 3.95. The van der Waals surface area contributed by atoms with Crippen LogP contribution in [0.2, 0.25) is 0 Å². The Labute approximate surface area is 140 Å². The smallest absolute Gasteiger partial charge is 0.308 e. The van der Waals surface area contributed by atoms with Gasteiger partial charge in [-0.15, -0.1) is 0 Å². The van der Waals surface area contributed by atoms with Gasteiger partial charge in [-0.2, -0.15) is 0 Å². The van der Waals surface area contributed by atoms with Gasteiger partial charge >= 0.3 is 5.97 Å². The molecule has 0 aliphatic carbocycles. The standard InChI is InChI=1S/C17H23BrN2O2/c1-19-8-6-17(7-9-19)12-20(11-15(17)16(21)22)10-13-2-4-14(18)5-3-13/h2-5,15H,6-12H2,1H3,(H,21,22)/t15-/m1/s1. The Bertz CT molecular complexity index is 538. The summed E-state index contributed by atoms with van der Waals surface area (Å²) < 4.78 is 1.08. The number of benzene rings is 1. The molecule has 2 heterocycles. The average molecular weight is 367 g/mol. The largest absolute Gasteiger partial charge is 0.481 e. The normalized spacial score (nSPS) is 25.6. The molecule has 1 aromatic rings. The first-order valence-corrected chi connectivity index (χ1v) is 8.66. The summed E-state index contributed by atoms with van der Waals surface area (Å²) in [4.78, 5) is 16.4. The van der Waals surface area contributed by atoms with Gasteiger partial charge in [-0.05, 0) is 50.7 Å². The number of hydrogen-bond acceptors (Lipinski definition) is 3. The number of rotatable bonds is 3. The number of carbonyl (C=O) groups is 1. The van der Waals surface area contributed by atoms with E-state index in [1.807, 2.05) is 12.1 Å². The van der Waals surface area contributed by atoms with Gasteiger partial charge in [0.15, 0.2) is 0 Å². The molecule has 5 heteroatoms. The molecule has 1 N–H and O–H groups in total. The van der Waals surface area contributed by atoms with E-state index in [0.717, 1.165) is 43.5 Å². The van der Waals surface area contributed by atoms with Crippen molar-refractivity contribution in [2.45, 2.75) is 19.4 Å². The van der Waals surface area contributed by atoms with Crippen molar-refractivity contribution in [1.29, 1.82) is 0 Å². The maximum Gasteiger partial charge on any atom is 0.308 e. The van der Waals surface area contributed by atoms with Crippen LogP contribution in [0.5, 0.6) is 0 Å². The second-order valence-corrected chi connectivity index (χ2v) is 7.77. The third-order valence-electron chi connectivity index (χ3n) is 5.32. The Balaban J connectivity index is 1.73. The van der Waals surface area contributed by atoms with E-state index in [4.69, 9.17) is 0 Å². The lowest BCUT2D eigenvalue weighted by Gasteiger charge is -2.40. The highest BCUT2D eigenvalue weighted by Gasteiger charge is 2.50. The third kappa shape index (κ3) is 3.21. The Kier molecular flexibility index (Phi) is 4.57. The van der Waals surface area contributed by atoms with Crippen LogP contribution in [0.25, 0.3) is 0 Å². The van der Waals surface area contributed by atoms with Crippen molar-refractivity contribution < 1.29 is 9.90 Å². The molecule has 1 aromatic carbocycles. The molecule has 1 spiro atoms. The van der Waals surface area contributed by atoms with Crippen LogP contribution >= 0.6 is 15.9 Å². The fraction of sp³-hybridized carbons (Fsp3) is 0.588. The molecule has 0 saturated carbocycles. The summed E-state index contributed by atoms with van der Waals surface area (Å²) in [7, 11) is 2.12. The van der Waals surface area contributed by atoms with Gasteiger partial charge in [0.25, 0.3) is 0 Å². The van der Waals surface area contributed by atoms with Gasteiger partial charge in [0.05, 0.1) is 5.92 Å². The second-order valence-electron chi connectivity index (χ2n) is 6.85. The van der Waals surface area contributed by atoms with Crippen molar-refractivity contribution in [3.8, 4) is 0 Å². The molecular formula is C17H23BrN2O2. The molecule has 0 amide bonds. The molecule has 1 atom stereocenters. The zero-order chi connectivity index (χ0) is 15.7. The minimum Gasteiger partial charge on any atom is -0.481 e. The number of hydrogen-bond donors (Lipinski definition) is 1. The van der Waals surface area contributed by atoms with Crippen molar-refractivity contribution in [2.24, 2.45) is 11.3 Å². The lowest BCUT2D eigenvalue weighted by atomic mass is 9.71. The van der Waals surface area contributed by atoms with Gasteiger partial charge in [0.1, 0.15) is 0 Å². The summed E-state index contributed by atoms with van der Waals surface area (Å²) in [5, 5.41) is 9.67. The first kappa shape index (κ1) is 16.0. The maximum atomic E-state index is 11.8. The summed E-state index contributed by atoms with van der Waals surface area (Å²) in [5.74, 6) is -0.848. The van der Waals surface area contributed by atoms with E-state index in [2.05, 4.69) is 44.9 Å². The molecule has 120 valence electrons. The first-order chi connectivity index (χ1) is 10.5. The number of piperidine rings is 1. The maximum absolute atomic E-state index is 11.8. The lowest BCUT2D eigenvalue weighted by molar-refractivity contribution is -0.145. The van der Waals surface area contributed by atoms with E-state index in [0.29, 0.717) is 6.54 Å². The molecular weight excluding hydrogens is 344 g/mol. The molecule has 2 fully saturated rings. The van der Waals surface area contributed by atoms with E-state index < -0.39 is 5.97 Å². The van der Waals surface area contributed by atoms with Crippen LogP contribution in [0.4, 0.5) is 0 Å². The van der Waals surface area contributed by atoms with Gasteiger partial charge in [0, 0.05) is 29.5 Å². The number of likely N-dealkylation sites (tertiary alicyclic amines) is 2. The predicted molar refractivity (Wildman–Crippen MR) is 89.7 cm³/mol. The van der Waals surface area contributed by atoms with Crippen LogP contribution in [-0.2, 0) is 11.3 Å². The Morgan fingerprint density at radius 3 is 2.55 bits per heavy atom. The van der Waals surface area contributed by atoms with Gasteiger partial charge in [-0.1, -0.05) is 28.1 Å². The second kappa shape index (κ2) is 6.30. The number of carboxylic acid groups (broad SMARTS) is 1. The summed E-state index contributed by atoms with van der Waals surface area (Å²) in [5.41, 5.74) is 1.21. The lowest BCUT2D eigenvalue weighted by Crippen LogP contribution is -2.44. The van der Waals surface area contributed by atoms with Crippen molar-refractivity contribution in [2.75, 3.05) is 33.2 Å². The van der Waals surface area contributed by atoms with Crippen molar-refractivity contribution >= 4 is 21.9 Å². The molecule has 4 nitrogen and oxygen atoms in total. The van der Waals surface area contributed by atoms with Gasteiger partial charge in [0.2, 0.25) is 0 Å². The molecule has 0 bridgehead atoms. The third-order valence-corrected chi connectivity index (χ3v) is 5.85. The van der Waals surface area contributed by atoms with Crippen LogP contribution < -0.4 is 0 Å². The van der Waals surface area contributed by atoms with Crippen molar-refractivity contribution in [3.63, 3.8) is 0 Å². The molecule has 2 aliphatic heterocycles. The van der Waals surface area contributed by atoms with E-state index >= 15 is 0 Å². The Morgan fingerprint density at radius 2 is 1.95 bits per heavy atom. The topological polar surface area (TPSA) is 43.8 Å². The Hall–Kier alpha value is -0.910. The van der Waals surface area contributed by atoms with Crippen molar-refractivity contribution in [3.05, 3.63) is 34.3 Å². The number of carboxylic acids is 1. The van der Waals surface area contributed by atoms with E-state index in [9.17, 15) is 9.90 Å². The fourth-order valence-corrected chi connectivity index (χ4v) is 4.22. The quantitative estimate of drug-likeness (QED) is 0.892. The number of nitrogens with zero attached hydrogens (tertiary/aromatic N) is 2. The molecule has 0 aromatic heterocycles. The number of halogens is 1. The Morgan fingerprint density at radius 1 is 1.32 bits per heavy atom. The van der Waals surface area contributed by atoms with E-state index in [1.165, 1.54) is 5.56 Å². The molecule has 0 unspecified atom stereocenters. The zero-order valence-corrected chi connectivity index (χ0v) is 14.6. The SMILES string of the molecule is CN1CCC2(CC1)CN(Cc1ccc(Br)cc1)C[C@@H]2C(=O)O. The molecule has 2 saturated heterocycles. The van der Waals surface area contributed by atoms with E-state index in [1.54, 1.807) is 0 Å². The van der Waals surface area contributed by atoms with Crippen LogP contribution in [-0.4, -0.2) is 54.1 Å². The van der Waals surface area contributed by atoms with Crippen LogP contribution in [0.1, 0.15) is 18.4 Å². The minimum atomic E-state index is -0.622. The molecule has 0 radical (unpaired) electrons. The molecule has 3 rings (SSSR count). The monoisotopic (exact) mass is 366 g/mol.